The summed E-state index contributed by atoms with van der Waals surface area (Å²) >= 11 is 6.13. The number of halogens is 1. The van der Waals surface area contributed by atoms with Gasteiger partial charge in [0, 0.05) is 19.1 Å². The van der Waals surface area contributed by atoms with Crippen molar-refractivity contribution in [2.24, 2.45) is 0 Å². The molecule has 0 saturated carbocycles. The molecule has 0 aromatic heterocycles. The fourth-order valence-electron chi connectivity index (χ4n) is 1.82. The van der Waals surface area contributed by atoms with E-state index in [1.807, 2.05) is 33.8 Å². The van der Waals surface area contributed by atoms with Crippen molar-refractivity contribution in [3.63, 3.8) is 0 Å². The molecule has 1 N–H and O–H groups in total. The Kier molecular flexibility index (Phi) is 6.23. The van der Waals surface area contributed by atoms with Gasteiger partial charge in [-0.15, -0.1) is 0 Å². The van der Waals surface area contributed by atoms with Gasteiger partial charge in [-0.25, -0.2) is 8.42 Å². The van der Waals surface area contributed by atoms with E-state index < -0.39 is 15.6 Å². The average molecular weight is 333 g/mol. The first-order valence-electron chi connectivity index (χ1n) is 7.15. The van der Waals surface area contributed by atoms with E-state index in [1.54, 1.807) is 19.2 Å². The van der Waals surface area contributed by atoms with Crippen LogP contribution in [0.2, 0.25) is 5.02 Å². The van der Waals surface area contributed by atoms with Crippen molar-refractivity contribution < 1.29 is 8.42 Å². The molecule has 0 spiro atoms. The van der Waals surface area contributed by atoms with Crippen molar-refractivity contribution in [2.75, 3.05) is 13.6 Å². The van der Waals surface area contributed by atoms with E-state index in [9.17, 15) is 8.42 Å². The van der Waals surface area contributed by atoms with E-state index in [-0.39, 0.29) is 9.92 Å². The molecule has 0 saturated heterocycles. The Morgan fingerprint density at radius 1 is 1.29 bits per heavy atom. The maximum Gasteiger partial charge on any atom is 0.244 e. The van der Waals surface area contributed by atoms with Gasteiger partial charge in [-0.3, -0.25) is 0 Å². The Bertz CT molecular complexity index is 585. The molecular formula is C15H25ClN2O2S. The Morgan fingerprint density at radius 3 is 2.43 bits per heavy atom. The van der Waals surface area contributed by atoms with Crippen molar-refractivity contribution in [1.82, 2.24) is 9.62 Å². The van der Waals surface area contributed by atoms with Crippen LogP contribution in [-0.2, 0) is 16.6 Å². The predicted octanol–water partition coefficient (Wildman–Crippen LogP) is 3.26. The number of nitrogens with zero attached hydrogens (tertiary/aromatic N) is 1. The van der Waals surface area contributed by atoms with Crippen molar-refractivity contribution in [3.05, 3.63) is 28.8 Å². The predicted molar refractivity (Wildman–Crippen MR) is 88.2 cm³/mol. The smallest absolute Gasteiger partial charge is 0.244 e. The molecule has 1 aromatic rings. The highest BCUT2D eigenvalue weighted by Crippen LogP contribution is 2.30. The molecule has 0 aliphatic carbocycles. The zero-order valence-corrected chi connectivity index (χ0v) is 15.0. The monoisotopic (exact) mass is 332 g/mol. The largest absolute Gasteiger partial charge is 0.313 e. The molecule has 0 atom stereocenters. The maximum absolute atomic E-state index is 12.8. The fraction of sp³-hybridized carbons (Fsp3) is 0.600. The second kappa shape index (κ2) is 7.09. The number of benzene rings is 1. The summed E-state index contributed by atoms with van der Waals surface area (Å²) in [6.45, 7) is 9.23. The van der Waals surface area contributed by atoms with Crippen LogP contribution in [-0.4, -0.2) is 31.9 Å². The number of hydrogen-bond donors (Lipinski definition) is 1. The van der Waals surface area contributed by atoms with Crippen LogP contribution in [0.1, 0.15) is 39.7 Å². The normalized spacial score (nSPS) is 12.9. The van der Waals surface area contributed by atoms with Crippen molar-refractivity contribution in [1.29, 1.82) is 0 Å². The van der Waals surface area contributed by atoms with Gasteiger partial charge in [0.25, 0.3) is 0 Å². The van der Waals surface area contributed by atoms with Crippen LogP contribution in [0.25, 0.3) is 0 Å². The Labute approximate surface area is 133 Å². The first-order valence-corrected chi connectivity index (χ1v) is 8.96. The molecule has 0 aliphatic rings. The molecule has 0 aliphatic heterocycles. The standard InChI is InChI=1S/C15H25ClN2O2S/c1-6-15(3,4)18(5)21(19,20)14-10-12(11-17-7-2)8-9-13(14)16/h8-10,17H,6-7,11H2,1-5H3. The van der Waals surface area contributed by atoms with E-state index in [1.165, 1.54) is 4.31 Å². The number of sulfonamides is 1. The topological polar surface area (TPSA) is 49.4 Å². The van der Waals surface area contributed by atoms with Gasteiger partial charge in [0.1, 0.15) is 4.90 Å². The lowest BCUT2D eigenvalue weighted by atomic mass is 10.0. The lowest BCUT2D eigenvalue weighted by Gasteiger charge is -2.34. The third kappa shape index (κ3) is 4.19. The summed E-state index contributed by atoms with van der Waals surface area (Å²) in [6, 6.07) is 5.14. The van der Waals surface area contributed by atoms with E-state index >= 15 is 0 Å². The molecule has 1 aromatic carbocycles. The first kappa shape index (κ1) is 18.4. The minimum absolute atomic E-state index is 0.170. The highest BCUT2D eigenvalue weighted by atomic mass is 35.5. The Morgan fingerprint density at radius 2 is 1.90 bits per heavy atom. The van der Waals surface area contributed by atoms with Gasteiger partial charge in [-0.2, -0.15) is 4.31 Å². The van der Waals surface area contributed by atoms with Crippen LogP contribution in [0.4, 0.5) is 0 Å². The molecular weight excluding hydrogens is 308 g/mol. The van der Waals surface area contributed by atoms with Crippen molar-refractivity contribution in [3.8, 4) is 0 Å². The van der Waals surface area contributed by atoms with Crippen LogP contribution in [0.3, 0.4) is 0 Å². The molecule has 6 heteroatoms. The van der Waals surface area contributed by atoms with Crippen LogP contribution < -0.4 is 5.32 Å². The van der Waals surface area contributed by atoms with E-state index in [4.69, 9.17) is 11.6 Å². The van der Waals surface area contributed by atoms with E-state index in [0.29, 0.717) is 6.54 Å². The zero-order chi connectivity index (χ0) is 16.3. The molecule has 0 bridgehead atoms. The van der Waals surface area contributed by atoms with Gasteiger partial charge in [0.05, 0.1) is 5.02 Å². The second-order valence-electron chi connectivity index (χ2n) is 5.68. The van der Waals surface area contributed by atoms with Gasteiger partial charge < -0.3 is 5.32 Å². The highest BCUT2D eigenvalue weighted by Gasteiger charge is 2.33. The summed E-state index contributed by atoms with van der Waals surface area (Å²) < 4.78 is 27.0. The molecule has 0 amide bonds. The highest BCUT2D eigenvalue weighted by molar-refractivity contribution is 7.89. The molecule has 1 rings (SSSR count). The number of nitrogens with one attached hydrogen (secondary N) is 1. The summed E-state index contributed by atoms with van der Waals surface area (Å²) in [5, 5.41) is 3.44. The summed E-state index contributed by atoms with van der Waals surface area (Å²) in [4.78, 5) is 0.170. The minimum atomic E-state index is -3.61. The summed E-state index contributed by atoms with van der Waals surface area (Å²) in [7, 11) is -2.01. The summed E-state index contributed by atoms with van der Waals surface area (Å²) in [5.41, 5.74) is 0.447. The average Bonchev–Trinajstić information content (AvgIpc) is 2.45. The number of hydrogen-bond acceptors (Lipinski definition) is 3. The van der Waals surface area contributed by atoms with Crippen molar-refractivity contribution in [2.45, 2.75) is 51.1 Å². The molecule has 0 fully saturated rings. The van der Waals surface area contributed by atoms with Gasteiger partial charge in [-0.05, 0) is 44.5 Å². The maximum atomic E-state index is 12.8. The molecule has 21 heavy (non-hydrogen) atoms. The Hall–Kier alpha value is -0.620. The molecule has 0 heterocycles. The lowest BCUT2D eigenvalue weighted by Crippen LogP contribution is -2.44. The molecule has 120 valence electrons. The van der Waals surface area contributed by atoms with Crippen LogP contribution >= 0.6 is 11.6 Å². The third-order valence-electron chi connectivity index (χ3n) is 3.93. The van der Waals surface area contributed by atoms with E-state index in [2.05, 4.69) is 5.32 Å². The fourth-order valence-corrected chi connectivity index (χ4v) is 3.92. The second-order valence-corrected chi connectivity index (χ2v) is 8.03. The van der Waals surface area contributed by atoms with Gasteiger partial charge in [-0.1, -0.05) is 31.5 Å². The summed E-state index contributed by atoms with van der Waals surface area (Å²) in [6.07, 6.45) is 0.720. The molecule has 4 nitrogen and oxygen atoms in total. The first-order chi connectivity index (χ1) is 9.66. The van der Waals surface area contributed by atoms with Gasteiger partial charge in [0.15, 0.2) is 0 Å². The van der Waals surface area contributed by atoms with Crippen molar-refractivity contribution >= 4 is 21.6 Å². The molecule has 0 unspecified atom stereocenters. The van der Waals surface area contributed by atoms with Crippen LogP contribution in [0.5, 0.6) is 0 Å². The lowest BCUT2D eigenvalue weighted by molar-refractivity contribution is 0.257. The molecule has 0 radical (unpaired) electrons. The van der Waals surface area contributed by atoms with Gasteiger partial charge in [0.2, 0.25) is 10.0 Å². The van der Waals surface area contributed by atoms with E-state index in [0.717, 1.165) is 18.5 Å². The SMILES string of the molecule is CCNCc1ccc(Cl)c(S(=O)(=O)N(C)C(C)(C)CC)c1. The van der Waals surface area contributed by atoms with Crippen LogP contribution in [0, 0.1) is 0 Å². The Balaban J connectivity index is 3.24. The zero-order valence-electron chi connectivity index (χ0n) is 13.4. The third-order valence-corrected chi connectivity index (χ3v) is 6.48. The quantitative estimate of drug-likeness (QED) is 0.833. The number of rotatable bonds is 7. The van der Waals surface area contributed by atoms with Gasteiger partial charge >= 0.3 is 0 Å². The minimum Gasteiger partial charge on any atom is -0.313 e. The summed E-state index contributed by atoms with van der Waals surface area (Å²) in [5.74, 6) is 0. The van der Waals surface area contributed by atoms with Crippen LogP contribution in [0.15, 0.2) is 23.1 Å².